The molecule has 106 valence electrons. The van der Waals surface area contributed by atoms with Gasteiger partial charge in [-0.25, -0.2) is 4.79 Å². The minimum Gasteiger partial charge on any atom is -0.444 e. The molecule has 0 saturated carbocycles. The van der Waals surface area contributed by atoms with Crippen molar-refractivity contribution in [3.63, 3.8) is 0 Å². The third kappa shape index (κ3) is 4.21. The first-order chi connectivity index (χ1) is 13.1. The molecule has 2 heterocycles. The molecule has 1 aromatic rings. The summed E-state index contributed by atoms with van der Waals surface area (Å²) in [6, 6.07) is -1.20. The lowest BCUT2D eigenvalue weighted by Gasteiger charge is -2.33. The molecule has 1 aliphatic rings. The van der Waals surface area contributed by atoms with Gasteiger partial charge < -0.3 is 9.64 Å². The molecule has 0 bridgehead atoms. The fourth-order valence-corrected chi connectivity index (χ4v) is 2.33. The van der Waals surface area contributed by atoms with Crippen LogP contribution in [0.25, 0.3) is 0 Å². The summed E-state index contributed by atoms with van der Waals surface area (Å²) in [5.74, 6) is -3.32. The van der Waals surface area contributed by atoms with Crippen LogP contribution in [0.4, 0.5) is 4.79 Å². The Hall–Kier alpha value is -0.550. The standard InChI is InChI=1S/C14H20BrNO2S/c1-14(2,3)18-13(17)16-8-6-10(7-9-16)11-4-5-12(15)19-11/h4-5,10H,6-9H2,1-3H3/i4D,5D,6D2,7D2,8D2,9D2,10D. The van der Waals surface area contributed by atoms with E-state index in [-0.39, 0.29) is 8.69 Å². The number of hydrogen-bond acceptors (Lipinski definition) is 3. The summed E-state index contributed by atoms with van der Waals surface area (Å²) < 4.78 is 96.1. The van der Waals surface area contributed by atoms with Crippen LogP contribution in [0.3, 0.4) is 0 Å². The van der Waals surface area contributed by atoms with Crippen LogP contribution in [0.1, 0.15) is 59.4 Å². The molecule has 1 amide bonds. The van der Waals surface area contributed by atoms with Gasteiger partial charge in [-0.05, 0) is 67.4 Å². The zero-order chi connectivity index (χ0) is 23.9. The second kappa shape index (κ2) is 5.83. The van der Waals surface area contributed by atoms with Crippen LogP contribution in [0, 0.1) is 0 Å². The molecule has 0 N–H and O–H groups in total. The van der Waals surface area contributed by atoms with Gasteiger partial charge >= 0.3 is 6.09 Å². The van der Waals surface area contributed by atoms with E-state index in [1.165, 1.54) is 20.8 Å². The Morgan fingerprint density at radius 3 is 2.68 bits per heavy atom. The summed E-state index contributed by atoms with van der Waals surface area (Å²) in [5.41, 5.74) is -1.22. The second-order valence-electron chi connectivity index (χ2n) is 4.62. The van der Waals surface area contributed by atoms with E-state index in [9.17, 15) is 4.79 Å². The Balaban J connectivity index is 2.87. The molecular weight excluding hydrogens is 326 g/mol. The minimum absolute atomic E-state index is 0.0172. The topological polar surface area (TPSA) is 29.5 Å². The Kier molecular flexibility index (Phi) is 1.86. The van der Waals surface area contributed by atoms with Crippen molar-refractivity contribution in [2.75, 3.05) is 13.0 Å². The number of halogens is 1. The van der Waals surface area contributed by atoms with E-state index in [0.29, 0.717) is 11.3 Å². The number of amides is 1. The molecular formula is C14H20BrNO2S. The third-order valence-corrected chi connectivity index (χ3v) is 3.33. The molecule has 0 aromatic carbocycles. The molecule has 0 aliphatic carbocycles. The number of rotatable bonds is 1. The van der Waals surface area contributed by atoms with Crippen molar-refractivity contribution in [3.8, 4) is 0 Å². The van der Waals surface area contributed by atoms with Gasteiger partial charge in [0.2, 0.25) is 0 Å². The van der Waals surface area contributed by atoms with E-state index in [4.69, 9.17) is 19.8 Å². The summed E-state index contributed by atoms with van der Waals surface area (Å²) in [6.07, 6.45) is -8.75. The first-order valence-corrected chi connectivity index (χ1v) is 6.99. The highest BCUT2D eigenvalue weighted by molar-refractivity contribution is 9.11. The van der Waals surface area contributed by atoms with Gasteiger partial charge in [-0.1, -0.05) is 0 Å². The molecule has 19 heavy (non-hydrogen) atoms. The van der Waals surface area contributed by atoms with E-state index in [1.54, 1.807) is 0 Å². The molecule has 1 aliphatic heterocycles. The summed E-state index contributed by atoms with van der Waals surface area (Å²) in [4.78, 5) is 11.7. The first kappa shape index (κ1) is 6.06. The number of piperidine rings is 1. The number of hydrogen-bond donors (Lipinski definition) is 0. The fourth-order valence-electron chi connectivity index (χ4n) is 1.16. The monoisotopic (exact) mass is 356 g/mol. The van der Waals surface area contributed by atoms with Crippen LogP contribution in [0.15, 0.2) is 15.9 Å². The average Bonchev–Trinajstić information content (AvgIpc) is 2.77. The number of carbonyl (C=O) groups is 1. The number of thiophene rings is 1. The average molecular weight is 357 g/mol. The van der Waals surface area contributed by atoms with Gasteiger partial charge in [0, 0.05) is 30.2 Å². The van der Waals surface area contributed by atoms with Crippen molar-refractivity contribution >= 4 is 33.4 Å². The summed E-state index contributed by atoms with van der Waals surface area (Å²) in [5, 5.41) is 0. The molecule has 1 saturated heterocycles. The van der Waals surface area contributed by atoms with Crippen molar-refractivity contribution < 1.29 is 24.6 Å². The third-order valence-electron chi connectivity index (χ3n) is 1.85. The van der Waals surface area contributed by atoms with E-state index in [0.717, 1.165) is 0 Å². The molecule has 1 aromatic heterocycles. The molecule has 0 radical (unpaired) electrons. The highest BCUT2D eigenvalue weighted by Crippen LogP contribution is 2.35. The van der Waals surface area contributed by atoms with Gasteiger partial charge in [0.1, 0.15) is 5.60 Å². The number of carbonyl (C=O) groups excluding carboxylic acids is 1. The summed E-state index contributed by atoms with van der Waals surface area (Å²) in [7, 11) is 0. The van der Waals surface area contributed by atoms with Crippen LogP contribution >= 0.6 is 27.3 Å². The molecule has 3 nitrogen and oxygen atoms in total. The van der Waals surface area contributed by atoms with Crippen molar-refractivity contribution in [3.05, 3.63) is 20.7 Å². The highest BCUT2D eigenvalue weighted by atomic mass is 79.9. The number of nitrogens with zero attached hydrogens (tertiary/aromatic N) is 1. The van der Waals surface area contributed by atoms with E-state index in [1.807, 2.05) is 0 Å². The molecule has 0 spiro atoms. The number of ether oxygens (including phenoxy) is 1. The largest absolute Gasteiger partial charge is 0.444 e. The Morgan fingerprint density at radius 1 is 1.58 bits per heavy atom. The maximum Gasteiger partial charge on any atom is 0.410 e. The van der Waals surface area contributed by atoms with Crippen molar-refractivity contribution in [2.24, 2.45) is 0 Å². The fraction of sp³-hybridized carbons (Fsp3) is 0.643. The van der Waals surface area contributed by atoms with E-state index >= 15 is 0 Å². The minimum atomic E-state index is -3.56. The SMILES string of the molecule is [2H]c1c(Br)sc(C2([2H])C([2H])([2H])C([2H])([2H])N(C(=O)OC(C)(C)C)C([2H])([2H])C2([2H])[2H])c1[2H]. The Bertz CT molecular complexity index is 852. The highest BCUT2D eigenvalue weighted by Gasteiger charge is 2.27. The second-order valence-corrected chi connectivity index (χ2v) is 6.96. The predicted octanol–water partition coefficient (Wildman–Crippen LogP) is 4.63. The first-order valence-electron chi connectivity index (χ1n) is 10.9. The van der Waals surface area contributed by atoms with Gasteiger partial charge in [0.15, 0.2) is 0 Å². The van der Waals surface area contributed by atoms with Gasteiger partial charge in [-0.3, -0.25) is 0 Å². The van der Waals surface area contributed by atoms with Crippen molar-refractivity contribution in [2.45, 2.75) is 45.0 Å². The van der Waals surface area contributed by atoms with Crippen LogP contribution in [0.5, 0.6) is 0 Å². The van der Waals surface area contributed by atoms with Crippen LogP contribution < -0.4 is 0 Å². The number of likely N-dealkylation sites (tertiary alicyclic amines) is 1. The van der Waals surface area contributed by atoms with E-state index in [2.05, 4.69) is 15.9 Å². The van der Waals surface area contributed by atoms with Crippen LogP contribution in [-0.2, 0) is 4.74 Å². The lowest BCUT2D eigenvalue weighted by Crippen LogP contribution is -2.41. The molecule has 1 fully saturated rings. The van der Waals surface area contributed by atoms with Gasteiger partial charge in [-0.2, -0.15) is 0 Å². The maximum absolute atomic E-state index is 12.7. The van der Waals surface area contributed by atoms with Gasteiger partial charge in [-0.15, -0.1) is 11.3 Å². The van der Waals surface area contributed by atoms with Crippen molar-refractivity contribution in [1.29, 1.82) is 0 Å². The predicted molar refractivity (Wildman–Crippen MR) is 81.8 cm³/mol. The summed E-state index contributed by atoms with van der Waals surface area (Å²) in [6.45, 7) is -2.86. The lowest BCUT2D eigenvalue weighted by atomic mass is 9.95. The van der Waals surface area contributed by atoms with Crippen LogP contribution in [0.2, 0.25) is 0 Å². The normalized spacial score (nSPS) is 38.3. The Morgan fingerprint density at radius 2 is 2.21 bits per heavy atom. The quantitative estimate of drug-likeness (QED) is 0.734. The molecule has 0 unspecified atom stereocenters. The zero-order valence-corrected chi connectivity index (χ0v) is 13.0. The van der Waals surface area contributed by atoms with Gasteiger partial charge in [0.25, 0.3) is 0 Å². The molecule has 2 rings (SSSR count). The van der Waals surface area contributed by atoms with E-state index < -0.39 is 60.3 Å². The molecule has 0 atom stereocenters. The van der Waals surface area contributed by atoms with Crippen molar-refractivity contribution in [1.82, 2.24) is 4.90 Å². The van der Waals surface area contributed by atoms with Crippen LogP contribution in [-0.4, -0.2) is 29.6 Å². The zero-order valence-electron chi connectivity index (χ0n) is 21.5. The smallest absolute Gasteiger partial charge is 0.410 e. The molecule has 5 heteroatoms. The lowest BCUT2D eigenvalue weighted by molar-refractivity contribution is 0.0205. The van der Waals surface area contributed by atoms with Gasteiger partial charge in [0.05, 0.1) is 6.53 Å². The Labute approximate surface area is 142 Å². The maximum atomic E-state index is 12.7. The summed E-state index contributed by atoms with van der Waals surface area (Å²) >= 11 is 3.45.